The van der Waals surface area contributed by atoms with Crippen molar-refractivity contribution in [3.63, 3.8) is 0 Å². The van der Waals surface area contributed by atoms with Gasteiger partial charge in [0.25, 0.3) is 0 Å². The highest BCUT2D eigenvalue weighted by Crippen LogP contribution is 2.32. The van der Waals surface area contributed by atoms with Gasteiger partial charge in [0, 0.05) is 17.5 Å². The van der Waals surface area contributed by atoms with Crippen LogP contribution in [0.2, 0.25) is 0 Å². The lowest BCUT2D eigenvalue weighted by Crippen LogP contribution is -2.46. The summed E-state index contributed by atoms with van der Waals surface area (Å²) in [6.45, 7) is 0. The third-order valence-corrected chi connectivity index (χ3v) is 4.23. The molecule has 0 atom stereocenters. The molecule has 104 valence electrons. The second-order valence-electron chi connectivity index (χ2n) is 5.42. The maximum absolute atomic E-state index is 12.4. The summed E-state index contributed by atoms with van der Waals surface area (Å²) in [6, 6.07) is 7.44. The Morgan fingerprint density at radius 2 is 2.05 bits per heavy atom. The molecule has 0 amide bonds. The second kappa shape index (κ2) is 6.20. The van der Waals surface area contributed by atoms with Crippen molar-refractivity contribution < 1.29 is 9.53 Å². The number of methoxy groups -OCH3 is 1. The predicted octanol–water partition coefficient (Wildman–Crippen LogP) is 3.19. The third-order valence-electron chi connectivity index (χ3n) is 4.23. The average Bonchev–Trinajstić information content (AvgIpc) is 2.48. The van der Waals surface area contributed by atoms with E-state index in [0.29, 0.717) is 6.42 Å². The van der Waals surface area contributed by atoms with Gasteiger partial charge in [-0.3, -0.25) is 4.79 Å². The monoisotopic (exact) mass is 261 g/mol. The van der Waals surface area contributed by atoms with Crippen LogP contribution >= 0.6 is 0 Å². The van der Waals surface area contributed by atoms with Crippen molar-refractivity contribution in [2.75, 3.05) is 14.2 Å². The van der Waals surface area contributed by atoms with Gasteiger partial charge in [-0.1, -0.05) is 31.4 Å². The Balaban J connectivity index is 2.10. The summed E-state index contributed by atoms with van der Waals surface area (Å²) in [5.74, 6) is 0.947. The summed E-state index contributed by atoms with van der Waals surface area (Å²) in [6.07, 6.45) is 6.49. The van der Waals surface area contributed by atoms with Crippen molar-refractivity contribution >= 4 is 5.78 Å². The van der Waals surface area contributed by atoms with Crippen molar-refractivity contribution in [3.8, 4) is 5.75 Å². The Kier molecular flexibility index (Phi) is 4.59. The molecule has 1 aliphatic carbocycles. The summed E-state index contributed by atoms with van der Waals surface area (Å²) in [4.78, 5) is 12.4. The molecule has 0 spiro atoms. The second-order valence-corrected chi connectivity index (χ2v) is 5.42. The molecule has 0 bridgehead atoms. The maximum atomic E-state index is 12.4. The zero-order valence-corrected chi connectivity index (χ0v) is 11.9. The Morgan fingerprint density at radius 3 is 2.68 bits per heavy atom. The summed E-state index contributed by atoms with van der Waals surface area (Å²) < 4.78 is 5.18. The number of Topliss-reactive ketones (excluding diaryl/α,β-unsaturated/α-hetero) is 1. The molecule has 0 aliphatic heterocycles. The molecular weight excluding hydrogens is 238 g/mol. The zero-order valence-electron chi connectivity index (χ0n) is 11.9. The van der Waals surface area contributed by atoms with Gasteiger partial charge in [-0.2, -0.15) is 0 Å². The van der Waals surface area contributed by atoms with Gasteiger partial charge in [0.1, 0.15) is 5.75 Å². The minimum atomic E-state index is -0.00158. The summed E-state index contributed by atoms with van der Waals surface area (Å²) >= 11 is 0. The minimum absolute atomic E-state index is 0.00158. The van der Waals surface area contributed by atoms with E-state index in [1.165, 1.54) is 19.3 Å². The van der Waals surface area contributed by atoms with Crippen LogP contribution in [0, 0.1) is 0 Å². The van der Waals surface area contributed by atoms with Gasteiger partial charge >= 0.3 is 0 Å². The number of carbonyl (C=O) groups excluding carboxylic acids is 1. The zero-order chi connectivity index (χ0) is 13.7. The largest absolute Gasteiger partial charge is 0.497 e. The van der Waals surface area contributed by atoms with E-state index in [9.17, 15) is 4.79 Å². The van der Waals surface area contributed by atoms with E-state index < -0.39 is 0 Å². The van der Waals surface area contributed by atoms with Gasteiger partial charge in [0.15, 0.2) is 5.78 Å². The molecule has 3 nitrogen and oxygen atoms in total. The van der Waals surface area contributed by atoms with Crippen LogP contribution in [0.4, 0.5) is 0 Å². The van der Waals surface area contributed by atoms with Crippen LogP contribution in [0.5, 0.6) is 5.75 Å². The topological polar surface area (TPSA) is 38.3 Å². The SMILES string of the molecule is CNC1(CC(=O)c2cccc(OC)c2)CCCCC1. The first kappa shape index (κ1) is 14.1. The average molecular weight is 261 g/mol. The molecule has 0 saturated heterocycles. The van der Waals surface area contributed by atoms with Gasteiger partial charge in [0.2, 0.25) is 0 Å². The fourth-order valence-corrected chi connectivity index (χ4v) is 2.95. The summed E-state index contributed by atoms with van der Waals surface area (Å²) in [5, 5.41) is 3.39. The van der Waals surface area contributed by atoms with E-state index in [1.807, 2.05) is 31.3 Å². The molecule has 1 N–H and O–H groups in total. The van der Waals surface area contributed by atoms with Crippen molar-refractivity contribution in [3.05, 3.63) is 29.8 Å². The lowest BCUT2D eigenvalue weighted by molar-refractivity contribution is 0.0914. The third kappa shape index (κ3) is 3.35. The molecule has 0 heterocycles. The van der Waals surface area contributed by atoms with Crippen LogP contribution in [0.15, 0.2) is 24.3 Å². The Morgan fingerprint density at radius 1 is 1.32 bits per heavy atom. The van der Waals surface area contributed by atoms with Crippen molar-refractivity contribution in [1.82, 2.24) is 5.32 Å². The number of hydrogen-bond acceptors (Lipinski definition) is 3. The highest BCUT2D eigenvalue weighted by molar-refractivity contribution is 5.97. The fourth-order valence-electron chi connectivity index (χ4n) is 2.95. The molecule has 0 radical (unpaired) electrons. The van der Waals surface area contributed by atoms with Crippen molar-refractivity contribution in [1.29, 1.82) is 0 Å². The number of benzene rings is 1. The molecular formula is C16H23NO2. The molecule has 1 aliphatic rings. The van der Waals surface area contributed by atoms with Crippen molar-refractivity contribution in [2.45, 2.75) is 44.1 Å². The van der Waals surface area contributed by atoms with Gasteiger partial charge in [-0.25, -0.2) is 0 Å². The van der Waals surface area contributed by atoms with Crippen LogP contribution in [-0.2, 0) is 0 Å². The van der Waals surface area contributed by atoms with E-state index in [4.69, 9.17) is 4.74 Å². The van der Waals surface area contributed by atoms with Crippen molar-refractivity contribution in [2.24, 2.45) is 0 Å². The molecule has 3 heteroatoms. The van der Waals surface area contributed by atoms with E-state index in [1.54, 1.807) is 7.11 Å². The minimum Gasteiger partial charge on any atom is -0.497 e. The molecule has 1 aromatic carbocycles. The summed E-state index contributed by atoms with van der Waals surface area (Å²) in [7, 11) is 3.60. The van der Waals surface area contributed by atoms with E-state index in [-0.39, 0.29) is 11.3 Å². The van der Waals surface area contributed by atoms with E-state index >= 15 is 0 Å². The number of ether oxygens (including phenoxy) is 1. The number of carbonyl (C=O) groups is 1. The molecule has 1 aromatic rings. The van der Waals surface area contributed by atoms with Crippen LogP contribution in [0.3, 0.4) is 0 Å². The smallest absolute Gasteiger partial charge is 0.164 e. The number of nitrogens with one attached hydrogen (secondary N) is 1. The Hall–Kier alpha value is -1.35. The quantitative estimate of drug-likeness (QED) is 0.827. The normalized spacial score (nSPS) is 18.0. The molecule has 1 saturated carbocycles. The van der Waals surface area contributed by atoms with Crippen LogP contribution < -0.4 is 10.1 Å². The van der Waals surface area contributed by atoms with Crippen LogP contribution in [0.25, 0.3) is 0 Å². The molecule has 2 rings (SSSR count). The molecule has 0 unspecified atom stereocenters. The van der Waals surface area contributed by atoms with Crippen LogP contribution in [0.1, 0.15) is 48.9 Å². The number of hydrogen-bond donors (Lipinski definition) is 1. The first-order valence-electron chi connectivity index (χ1n) is 7.05. The van der Waals surface area contributed by atoms with Gasteiger partial charge in [0.05, 0.1) is 7.11 Å². The molecule has 19 heavy (non-hydrogen) atoms. The lowest BCUT2D eigenvalue weighted by Gasteiger charge is -2.36. The van der Waals surface area contributed by atoms with Gasteiger partial charge in [-0.05, 0) is 32.0 Å². The molecule has 0 aromatic heterocycles. The lowest BCUT2D eigenvalue weighted by atomic mass is 9.77. The van der Waals surface area contributed by atoms with Crippen LogP contribution in [-0.4, -0.2) is 25.5 Å². The first-order chi connectivity index (χ1) is 9.19. The Bertz CT molecular complexity index is 436. The fraction of sp³-hybridized carbons (Fsp3) is 0.562. The van der Waals surface area contributed by atoms with E-state index in [0.717, 1.165) is 24.2 Å². The molecule has 1 fully saturated rings. The highest BCUT2D eigenvalue weighted by atomic mass is 16.5. The number of rotatable bonds is 5. The maximum Gasteiger partial charge on any atom is 0.164 e. The standard InChI is InChI=1S/C16H23NO2/c1-17-16(9-4-3-5-10-16)12-15(18)13-7-6-8-14(11-13)19-2/h6-8,11,17H,3-5,9-10,12H2,1-2H3. The first-order valence-corrected chi connectivity index (χ1v) is 7.05. The summed E-state index contributed by atoms with van der Waals surface area (Å²) in [5.41, 5.74) is 0.748. The van der Waals surface area contributed by atoms with Gasteiger partial charge in [-0.15, -0.1) is 0 Å². The van der Waals surface area contributed by atoms with E-state index in [2.05, 4.69) is 5.32 Å². The van der Waals surface area contributed by atoms with Gasteiger partial charge < -0.3 is 10.1 Å². The predicted molar refractivity (Wildman–Crippen MR) is 76.8 cm³/mol. The Labute approximate surface area is 115 Å². The number of ketones is 1. The highest BCUT2D eigenvalue weighted by Gasteiger charge is 2.32.